The van der Waals surface area contributed by atoms with Crippen molar-refractivity contribution in [3.63, 3.8) is 0 Å². The van der Waals surface area contributed by atoms with Gasteiger partial charge >= 0.3 is 0 Å². The summed E-state index contributed by atoms with van der Waals surface area (Å²) < 4.78 is 23.8. The van der Waals surface area contributed by atoms with E-state index >= 15 is 0 Å². The SMILES string of the molecule is CCC(C)S(=O)(=O)C1=CCC(Cl)CC1. The predicted molar refractivity (Wildman–Crippen MR) is 60.2 cm³/mol. The average molecular weight is 237 g/mol. The van der Waals surface area contributed by atoms with E-state index in [9.17, 15) is 8.42 Å². The van der Waals surface area contributed by atoms with Gasteiger partial charge in [-0.25, -0.2) is 8.42 Å². The fourth-order valence-corrected chi connectivity index (χ4v) is 3.40. The van der Waals surface area contributed by atoms with Gasteiger partial charge in [0.05, 0.1) is 5.25 Å². The lowest BCUT2D eigenvalue weighted by molar-refractivity contribution is 0.581. The minimum atomic E-state index is -3.03. The molecule has 2 unspecified atom stereocenters. The molecule has 0 amide bonds. The van der Waals surface area contributed by atoms with Crippen LogP contribution < -0.4 is 0 Å². The molecular weight excluding hydrogens is 220 g/mol. The molecule has 0 N–H and O–H groups in total. The van der Waals surface area contributed by atoms with Crippen LogP contribution in [0.1, 0.15) is 39.5 Å². The first-order chi connectivity index (χ1) is 6.48. The maximum absolute atomic E-state index is 11.9. The molecule has 0 spiro atoms. The lowest BCUT2D eigenvalue weighted by atomic mass is 10.1. The van der Waals surface area contributed by atoms with Crippen molar-refractivity contribution in [2.24, 2.45) is 0 Å². The van der Waals surface area contributed by atoms with Crippen LogP contribution >= 0.6 is 11.6 Å². The minimum absolute atomic E-state index is 0.117. The molecule has 0 fully saturated rings. The molecule has 0 aromatic carbocycles. The van der Waals surface area contributed by atoms with Crippen LogP contribution in [0.5, 0.6) is 0 Å². The van der Waals surface area contributed by atoms with Gasteiger partial charge in [-0.05, 0) is 32.6 Å². The van der Waals surface area contributed by atoms with Crippen LogP contribution in [0.25, 0.3) is 0 Å². The van der Waals surface area contributed by atoms with Crippen molar-refractivity contribution in [2.75, 3.05) is 0 Å². The van der Waals surface area contributed by atoms with Gasteiger partial charge in [-0.1, -0.05) is 13.0 Å². The molecular formula is C10H17ClO2S. The van der Waals surface area contributed by atoms with E-state index in [1.807, 2.05) is 6.92 Å². The third-order valence-electron chi connectivity index (χ3n) is 2.78. The number of hydrogen-bond acceptors (Lipinski definition) is 2. The Bertz CT molecular complexity index is 319. The summed E-state index contributed by atoms with van der Waals surface area (Å²) in [5.74, 6) is 0. The Balaban J connectivity index is 2.84. The highest BCUT2D eigenvalue weighted by atomic mass is 35.5. The van der Waals surface area contributed by atoms with E-state index in [2.05, 4.69) is 0 Å². The van der Waals surface area contributed by atoms with Crippen LogP contribution in [0.15, 0.2) is 11.0 Å². The molecule has 1 aliphatic rings. The summed E-state index contributed by atoms with van der Waals surface area (Å²) in [4.78, 5) is 0.601. The molecule has 0 aromatic heterocycles. The molecule has 0 aliphatic heterocycles. The molecule has 2 atom stereocenters. The Morgan fingerprint density at radius 1 is 1.64 bits per heavy atom. The quantitative estimate of drug-likeness (QED) is 0.707. The second-order valence-electron chi connectivity index (χ2n) is 3.81. The van der Waals surface area contributed by atoms with Crippen molar-refractivity contribution in [1.29, 1.82) is 0 Å². The fraction of sp³-hybridized carbons (Fsp3) is 0.800. The smallest absolute Gasteiger partial charge is 0.176 e. The number of sulfone groups is 1. The minimum Gasteiger partial charge on any atom is -0.224 e. The van der Waals surface area contributed by atoms with E-state index in [-0.39, 0.29) is 10.6 Å². The van der Waals surface area contributed by atoms with Gasteiger partial charge < -0.3 is 0 Å². The van der Waals surface area contributed by atoms with Gasteiger partial charge in [-0.3, -0.25) is 0 Å². The zero-order valence-electron chi connectivity index (χ0n) is 8.66. The second kappa shape index (κ2) is 4.67. The van der Waals surface area contributed by atoms with E-state index in [4.69, 9.17) is 11.6 Å². The molecule has 0 radical (unpaired) electrons. The Kier molecular flexibility index (Phi) is 4.02. The third-order valence-corrected chi connectivity index (χ3v) is 5.67. The van der Waals surface area contributed by atoms with Crippen molar-refractivity contribution in [3.8, 4) is 0 Å². The van der Waals surface area contributed by atoms with Crippen LogP contribution in [0.4, 0.5) is 0 Å². The number of hydrogen-bond donors (Lipinski definition) is 0. The van der Waals surface area contributed by atoms with E-state index in [0.29, 0.717) is 24.2 Å². The summed E-state index contributed by atoms with van der Waals surface area (Å²) >= 11 is 5.91. The van der Waals surface area contributed by atoms with Crippen molar-refractivity contribution >= 4 is 21.4 Å². The van der Waals surface area contributed by atoms with E-state index in [1.54, 1.807) is 13.0 Å². The zero-order chi connectivity index (χ0) is 10.8. The first-order valence-corrected chi connectivity index (χ1v) is 7.03. The highest BCUT2D eigenvalue weighted by Crippen LogP contribution is 2.28. The molecule has 0 saturated heterocycles. The average Bonchev–Trinajstić information content (AvgIpc) is 2.17. The molecule has 0 saturated carbocycles. The van der Waals surface area contributed by atoms with Crippen molar-refractivity contribution in [2.45, 2.75) is 50.2 Å². The number of allylic oxidation sites excluding steroid dienone is 2. The first kappa shape index (κ1) is 12.1. The van der Waals surface area contributed by atoms with Crippen LogP contribution in [0.3, 0.4) is 0 Å². The molecule has 14 heavy (non-hydrogen) atoms. The molecule has 0 aromatic rings. The lowest BCUT2D eigenvalue weighted by Gasteiger charge is -2.19. The second-order valence-corrected chi connectivity index (χ2v) is 6.84. The first-order valence-electron chi connectivity index (χ1n) is 5.05. The standard InChI is InChI=1S/C10H17ClO2S/c1-3-8(2)14(12,13)10-6-4-9(11)5-7-10/h6,8-9H,3-5,7H2,1-2H3. The third kappa shape index (κ3) is 2.51. The number of rotatable bonds is 3. The van der Waals surface area contributed by atoms with Crippen LogP contribution in [-0.2, 0) is 9.84 Å². The topological polar surface area (TPSA) is 34.1 Å². The molecule has 0 bridgehead atoms. The molecule has 2 nitrogen and oxygen atoms in total. The summed E-state index contributed by atoms with van der Waals surface area (Å²) in [6, 6.07) is 0. The van der Waals surface area contributed by atoms with Crippen LogP contribution in [0, 0.1) is 0 Å². The van der Waals surface area contributed by atoms with Gasteiger partial charge in [0, 0.05) is 10.3 Å². The highest BCUT2D eigenvalue weighted by molar-refractivity contribution is 7.95. The Hall–Kier alpha value is -0.0200. The van der Waals surface area contributed by atoms with Gasteiger partial charge in [-0.15, -0.1) is 11.6 Å². The van der Waals surface area contributed by atoms with Crippen molar-refractivity contribution < 1.29 is 8.42 Å². The van der Waals surface area contributed by atoms with Crippen molar-refractivity contribution in [1.82, 2.24) is 0 Å². The summed E-state index contributed by atoms with van der Waals surface area (Å²) in [6.45, 7) is 3.67. The molecule has 1 rings (SSSR count). The normalized spacial score (nSPS) is 25.6. The Morgan fingerprint density at radius 3 is 2.71 bits per heavy atom. The summed E-state index contributed by atoms with van der Waals surface area (Å²) in [7, 11) is -3.03. The van der Waals surface area contributed by atoms with Gasteiger partial charge in [-0.2, -0.15) is 0 Å². The van der Waals surface area contributed by atoms with Crippen molar-refractivity contribution in [3.05, 3.63) is 11.0 Å². The molecule has 1 aliphatic carbocycles. The van der Waals surface area contributed by atoms with E-state index < -0.39 is 9.84 Å². The van der Waals surface area contributed by atoms with Gasteiger partial charge in [0.2, 0.25) is 0 Å². The monoisotopic (exact) mass is 236 g/mol. The molecule has 82 valence electrons. The summed E-state index contributed by atoms with van der Waals surface area (Å²) in [6.07, 6.45) is 4.54. The highest BCUT2D eigenvalue weighted by Gasteiger charge is 2.26. The summed E-state index contributed by atoms with van der Waals surface area (Å²) in [5.41, 5.74) is 0. The molecule has 4 heteroatoms. The fourth-order valence-electron chi connectivity index (χ4n) is 1.51. The number of halogens is 1. The van der Waals surface area contributed by atoms with E-state index in [1.165, 1.54) is 0 Å². The van der Waals surface area contributed by atoms with E-state index in [0.717, 1.165) is 6.42 Å². The number of alkyl halides is 1. The largest absolute Gasteiger partial charge is 0.224 e. The maximum atomic E-state index is 11.9. The Labute approximate surface area is 91.3 Å². The van der Waals surface area contributed by atoms with Gasteiger partial charge in [0.1, 0.15) is 0 Å². The van der Waals surface area contributed by atoms with Gasteiger partial charge in [0.15, 0.2) is 9.84 Å². The lowest BCUT2D eigenvalue weighted by Crippen LogP contribution is -2.21. The summed E-state index contributed by atoms with van der Waals surface area (Å²) in [5, 5.41) is -0.147. The van der Waals surface area contributed by atoms with Gasteiger partial charge in [0.25, 0.3) is 0 Å². The zero-order valence-corrected chi connectivity index (χ0v) is 10.2. The molecule has 0 heterocycles. The Morgan fingerprint density at radius 2 is 2.29 bits per heavy atom. The van der Waals surface area contributed by atoms with Crippen LogP contribution in [-0.4, -0.2) is 19.0 Å². The van der Waals surface area contributed by atoms with Crippen LogP contribution in [0.2, 0.25) is 0 Å². The maximum Gasteiger partial charge on any atom is 0.176 e. The predicted octanol–water partition coefficient (Wildman–Crippen LogP) is 2.87.